The van der Waals surface area contributed by atoms with Crippen LogP contribution in [-0.4, -0.2) is 12.1 Å². The summed E-state index contributed by atoms with van der Waals surface area (Å²) in [7, 11) is 0. The van der Waals surface area contributed by atoms with Gasteiger partial charge >= 0.3 is 0 Å². The van der Waals surface area contributed by atoms with Crippen LogP contribution in [0.3, 0.4) is 0 Å². The molecule has 1 atom stereocenters. The van der Waals surface area contributed by atoms with E-state index in [9.17, 15) is 5.26 Å². The Bertz CT molecular complexity index is 227. The van der Waals surface area contributed by atoms with Crippen LogP contribution in [0, 0.1) is 16.7 Å². The summed E-state index contributed by atoms with van der Waals surface area (Å²) in [4.78, 5) is 0. The van der Waals surface area contributed by atoms with E-state index in [0.717, 1.165) is 25.8 Å². The second kappa shape index (κ2) is 4.31. The van der Waals surface area contributed by atoms with Gasteiger partial charge < -0.3 is 0 Å². The Morgan fingerprint density at radius 1 is 1.29 bits per heavy atom. The van der Waals surface area contributed by atoms with Gasteiger partial charge in [0, 0.05) is 0 Å². The Hall–Kier alpha value is -0.550. The van der Waals surface area contributed by atoms with E-state index in [4.69, 9.17) is 0 Å². The number of rotatable bonds is 3. The molecule has 0 aromatic heterocycles. The summed E-state index contributed by atoms with van der Waals surface area (Å²) in [6.45, 7) is 7.54. The van der Waals surface area contributed by atoms with E-state index in [2.05, 4.69) is 32.2 Å². The molecule has 0 bridgehead atoms. The third-order valence-electron chi connectivity index (χ3n) is 3.63. The Morgan fingerprint density at radius 2 is 1.93 bits per heavy atom. The van der Waals surface area contributed by atoms with E-state index in [1.165, 1.54) is 12.8 Å². The molecule has 1 aliphatic rings. The van der Waals surface area contributed by atoms with Crippen molar-refractivity contribution < 1.29 is 0 Å². The molecule has 0 saturated heterocycles. The first kappa shape index (κ1) is 11.5. The molecule has 2 nitrogen and oxygen atoms in total. The number of hydrogen-bond donors (Lipinski definition) is 1. The Labute approximate surface area is 87.7 Å². The molecular formula is C12H22N2. The summed E-state index contributed by atoms with van der Waals surface area (Å²) in [5.74, 6) is 0. The maximum absolute atomic E-state index is 9.39. The van der Waals surface area contributed by atoms with Crippen molar-refractivity contribution in [3.05, 3.63) is 0 Å². The van der Waals surface area contributed by atoms with Crippen LogP contribution >= 0.6 is 0 Å². The highest BCUT2D eigenvalue weighted by Gasteiger charge is 2.46. The molecule has 1 unspecified atom stereocenters. The molecule has 1 rings (SSSR count). The number of nitrogens with one attached hydrogen (secondary N) is 1. The average molecular weight is 194 g/mol. The topological polar surface area (TPSA) is 35.8 Å². The van der Waals surface area contributed by atoms with E-state index in [1.807, 2.05) is 0 Å². The first-order valence-electron chi connectivity index (χ1n) is 5.74. The number of nitriles is 1. The fourth-order valence-electron chi connectivity index (χ4n) is 2.42. The smallest absolute Gasteiger partial charge is 0.111 e. The fourth-order valence-corrected chi connectivity index (χ4v) is 2.42. The summed E-state index contributed by atoms with van der Waals surface area (Å²) in [6.07, 6.45) is 5.73. The molecule has 2 heteroatoms. The maximum atomic E-state index is 9.39. The average Bonchev–Trinajstić information content (AvgIpc) is 2.16. The maximum Gasteiger partial charge on any atom is 0.111 e. The molecule has 1 N–H and O–H groups in total. The molecular weight excluding hydrogens is 172 g/mol. The van der Waals surface area contributed by atoms with Gasteiger partial charge in [-0.1, -0.05) is 33.6 Å². The lowest BCUT2D eigenvalue weighted by Crippen LogP contribution is -2.56. The van der Waals surface area contributed by atoms with E-state index in [-0.39, 0.29) is 11.0 Å². The van der Waals surface area contributed by atoms with Crippen molar-refractivity contribution >= 4 is 0 Å². The molecule has 0 radical (unpaired) electrons. The largest absolute Gasteiger partial charge is 0.299 e. The van der Waals surface area contributed by atoms with Crippen LogP contribution in [0.2, 0.25) is 0 Å². The summed E-state index contributed by atoms with van der Waals surface area (Å²) in [5, 5.41) is 12.9. The molecule has 0 aromatic carbocycles. The third-order valence-corrected chi connectivity index (χ3v) is 3.63. The van der Waals surface area contributed by atoms with E-state index < -0.39 is 0 Å². The van der Waals surface area contributed by atoms with Crippen LogP contribution < -0.4 is 5.32 Å². The summed E-state index contributed by atoms with van der Waals surface area (Å²) in [6, 6.07) is 2.53. The Morgan fingerprint density at radius 3 is 2.43 bits per heavy atom. The zero-order chi connectivity index (χ0) is 10.7. The van der Waals surface area contributed by atoms with Gasteiger partial charge in [-0.15, -0.1) is 0 Å². The van der Waals surface area contributed by atoms with Crippen molar-refractivity contribution in [1.82, 2.24) is 5.32 Å². The lowest BCUT2D eigenvalue weighted by Gasteiger charge is -2.46. The number of nitrogens with zero attached hydrogens (tertiary/aromatic N) is 1. The summed E-state index contributed by atoms with van der Waals surface area (Å²) in [5.41, 5.74) is -0.156. The van der Waals surface area contributed by atoms with Crippen LogP contribution in [-0.2, 0) is 0 Å². The van der Waals surface area contributed by atoms with E-state index >= 15 is 0 Å². The highest BCUT2D eigenvalue weighted by atomic mass is 15.0. The Kier molecular flexibility index (Phi) is 3.55. The normalized spacial score (nSPS) is 31.0. The monoisotopic (exact) mass is 194 g/mol. The molecule has 80 valence electrons. The second-order valence-electron chi connectivity index (χ2n) is 5.03. The molecule has 1 saturated carbocycles. The van der Waals surface area contributed by atoms with Gasteiger partial charge in [-0.3, -0.25) is 5.32 Å². The highest BCUT2D eigenvalue weighted by molar-refractivity contribution is 5.16. The lowest BCUT2D eigenvalue weighted by molar-refractivity contribution is 0.110. The van der Waals surface area contributed by atoms with Gasteiger partial charge in [0.25, 0.3) is 0 Å². The van der Waals surface area contributed by atoms with Gasteiger partial charge in [-0.2, -0.15) is 5.26 Å². The summed E-state index contributed by atoms with van der Waals surface area (Å²) >= 11 is 0. The summed E-state index contributed by atoms with van der Waals surface area (Å²) < 4.78 is 0. The van der Waals surface area contributed by atoms with E-state index in [1.54, 1.807) is 0 Å². The van der Waals surface area contributed by atoms with Gasteiger partial charge in [-0.25, -0.2) is 0 Å². The van der Waals surface area contributed by atoms with Crippen LogP contribution in [0.15, 0.2) is 0 Å². The van der Waals surface area contributed by atoms with Crippen LogP contribution in [0.25, 0.3) is 0 Å². The van der Waals surface area contributed by atoms with E-state index in [0.29, 0.717) is 0 Å². The third kappa shape index (κ3) is 1.93. The quantitative estimate of drug-likeness (QED) is 0.750. The van der Waals surface area contributed by atoms with Gasteiger partial charge in [0.2, 0.25) is 0 Å². The van der Waals surface area contributed by atoms with Gasteiger partial charge in [0.15, 0.2) is 0 Å². The van der Waals surface area contributed by atoms with Gasteiger partial charge in [0.1, 0.15) is 5.54 Å². The lowest BCUT2D eigenvalue weighted by atomic mass is 9.64. The zero-order valence-electron chi connectivity index (χ0n) is 9.69. The minimum Gasteiger partial charge on any atom is -0.299 e. The predicted molar refractivity (Wildman–Crippen MR) is 58.9 cm³/mol. The molecule has 0 aromatic rings. The van der Waals surface area contributed by atoms with Gasteiger partial charge in [-0.05, 0) is 31.2 Å². The molecule has 0 heterocycles. The first-order chi connectivity index (χ1) is 6.58. The van der Waals surface area contributed by atoms with Crippen LogP contribution in [0.5, 0.6) is 0 Å². The molecule has 14 heavy (non-hydrogen) atoms. The molecule has 1 aliphatic carbocycles. The van der Waals surface area contributed by atoms with Gasteiger partial charge in [0.05, 0.1) is 6.07 Å². The number of hydrogen-bond acceptors (Lipinski definition) is 2. The van der Waals surface area contributed by atoms with Crippen molar-refractivity contribution in [2.24, 2.45) is 5.41 Å². The molecule has 0 spiro atoms. The highest BCUT2D eigenvalue weighted by Crippen LogP contribution is 2.43. The van der Waals surface area contributed by atoms with Crippen molar-refractivity contribution in [2.75, 3.05) is 6.54 Å². The van der Waals surface area contributed by atoms with Crippen molar-refractivity contribution in [1.29, 1.82) is 5.26 Å². The molecule has 0 aliphatic heterocycles. The zero-order valence-corrected chi connectivity index (χ0v) is 9.69. The van der Waals surface area contributed by atoms with Crippen LogP contribution in [0.4, 0.5) is 0 Å². The van der Waals surface area contributed by atoms with Crippen molar-refractivity contribution in [3.8, 4) is 6.07 Å². The molecule has 1 fully saturated rings. The molecule has 0 amide bonds. The first-order valence-corrected chi connectivity index (χ1v) is 5.74. The predicted octanol–water partition coefficient (Wildman–Crippen LogP) is 2.85. The van der Waals surface area contributed by atoms with Crippen molar-refractivity contribution in [2.45, 2.75) is 58.4 Å². The minimum atomic E-state index is -0.277. The minimum absolute atomic E-state index is 0.120. The fraction of sp³-hybridized carbons (Fsp3) is 0.917. The Balaban J connectivity index is 2.79. The van der Waals surface area contributed by atoms with Crippen LogP contribution in [0.1, 0.15) is 52.9 Å². The van der Waals surface area contributed by atoms with Crippen molar-refractivity contribution in [3.63, 3.8) is 0 Å². The SMILES string of the molecule is CCCNC1(C#N)CCCCC1(C)C. The standard InChI is InChI=1S/C12H22N2/c1-4-9-14-12(10-13)8-6-5-7-11(12,2)3/h14H,4-9H2,1-3H3. The second-order valence-corrected chi connectivity index (χ2v) is 5.03.